The van der Waals surface area contributed by atoms with Crippen LogP contribution in [0, 0.1) is 12.7 Å². The maximum Gasteiger partial charge on any atom is 0.127 e. The molecule has 1 aromatic carbocycles. The van der Waals surface area contributed by atoms with Gasteiger partial charge in [-0.1, -0.05) is 0 Å². The molecule has 1 unspecified atom stereocenters. The average Bonchev–Trinajstić information content (AvgIpc) is 3.05. The zero-order valence-electron chi connectivity index (χ0n) is 13.9. The fourth-order valence-electron chi connectivity index (χ4n) is 3.03. The first kappa shape index (κ1) is 16.9. The van der Waals surface area contributed by atoms with E-state index in [2.05, 4.69) is 9.88 Å². The van der Waals surface area contributed by atoms with Crippen LogP contribution >= 0.6 is 0 Å². The van der Waals surface area contributed by atoms with Gasteiger partial charge < -0.3 is 14.7 Å². The molecular weight excluding hydrogens is 307 g/mol. The second-order valence-corrected chi connectivity index (χ2v) is 6.40. The van der Waals surface area contributed by atoms with E-state index in [1.165, 1.54) is 25.0 Å². The molecular formula is C19H23FN2O2. The van der Waals surface area contributed by atoms with Crippen LogP contribution < -0.4 is 4.74 Å². The van der Waals surface area contributed by atoms with Crippen molar-refractivity contribution in [1.82, 2.24) is 9.88 Å². The topological polar surface area (TPSA) is 45.6 Å². The van der Waals surface area contributed by atoms with Crippen LogP contribution in [0.5, 0.6) is 5.75 Å². The number of hydrogen-bond donors (Lipinski definition) is 1. The van der Waals surface area contributed by atoms with Crippen LogP contribution in [0.2, 0.25) is 0 Å². The summed E-state index contributed by atoms with van der Waals surface area (Å²) >= 11 is 0. The highest BCUT2D eigenvalue weighted by atomic mass is 19.1. The normalized spacial score (nSPS) is 16.3. The summed E-state index contributed by atoms with van der Waals surface area (Å²) < 4.78 is 19.5. The van der Waals surface area contributed by atoms with Gasteiger partial charge in [0, 0.05) is 30.6 Å². The van der Waals surface area contributed by atoms with E-state index in [9.17, 15) is 9.50 Å². The van der Waals surface area contributed by atoms with Crippen molar-refractivity contribution < 1.29 is 14.2 Å². The lowest BCUT2D eigenvalue weighted by molar-refractivity contribution is 0.0757. The van der Waals surface area contributed by atoms with Crippen molar-refractivity contribution in [2.75, 3.05) is 26.2 Å². The Bertz CT molecular complexity index is 687. The number of β-amino-alcohol motifs (C(OH)–C–C–N with tert-alkyl or cyclic N) is 1. The summed E-state index contributed by atoms with van der Waals surface area (Å²) in [7, 11) is 0. The largest absolute Gasteiger partial charge is 0.491 e. The first-order valence-electron chi connectivity index (χ1n) is 8.36. The molecule has 5 heteroatoms. The van der Waals surface area contributed by atoms with Gasteiger partial charge in [-0.25, -0.2) is 4.39 Å². The summed E-state index contributed by atoms with van der Waals surface area (Å²) in [4.78, 5) is 6.37. The van der Waals surface area contributed by atoms with Crippen molar-refractivity contribution in [2.24, 2.45) is 0 Å². The van der Waals surface area contributed by atoms with Gasteiger partial charge >= 0.3 is 0 Å². The van der Waals surface area contributed by atoms with Crippen molar-refractivity contribution in [3.05, 3.63) is 48.0 Å². The van der Waals surface area contributed by atoms with Gasteiger partial charge in [-0.3, -0.25) is 4.98 Å². The molecule has 1 aromatic heterocycles. The predicted octanol–water partition coefficient (Wildman–Crippen LogP) is 3.03. The van der Waals surface area contributed by atoms with Crippen LogP contribution in [-0.2, 0) is 0 Å². The second kappa shape index (κ2) is 7.73. The molecule has 2 aromatic rings. The van der Waals surface area contributed by atoms with E-state index in [1.54, 1.807) is 18.5 Å². The molecule has 3 rings (SSSR count). The van der Waals surface area contributed by atoms with Gasteiger partial charge in [0.15, 0.2) is 0 Å². The maximum atomic E-state index is 13.9. The zero-order chi connectivity index (χ0) is 16.9. The van der Waals surface area contributed by atoms with Gasteiger partial charge in [0.2, 0.25) is 0 Å². The molecule has 24 heavy (non-hydrogen) atoms. The fraction of sp³-hybridized carbons (Fsp3) is 0.421. The number of likely N-dealkylation sites (tertiary alicyclic amines) is 1. The van der Waals surface area contributed by atoms with E-state index in [4.69, 9.17) is 4.74 Å². The number of aliphatic hydroxyl groups is 1. The quantitative estimate of drug-likeness (QED) is 0.884. The molecule has 0 amide bonds. The van der Waals surface area contributed by atoms with E-state index in [-0.39, 0.29) is 12.4 Å². The molecule has 0 radical (unpaired) electrons. The Morgan fingerprint density at radius 2 is 1.96 bits per heavy atom. The Morgan fingerprint density at radius 1 is 1.17 bits per heavy atom. The summed E-state index contributed by atoms with van der Waals surface area (Å²) in [6, 6.07) is 6.54. The van der Waals surface area contributed by atoms with Crippen LogP contribution in [0.15, 0.2) is 36.7 Å². The molecule has 4 nitrogen and oxygen atoms in total. The monoisotopic (exact) mass is 330 g/mol. The van der Waals surface area contributed by atoms with Gasteiger partial charge in [-0.15, -0.1) is 0 Å². The molecule has 0 spiro atoms. The van der Waals surface area contributed by atoms with Crippen LogP contribution in [0.4, 0.5) is 4.39 Å². The molecule has 128 valence electrons. The molecule has 1 N–H and O–H groups in total. The first-order valence-corrected chi connectivity index (χ1v) is 8.36. The number of pyridine rings is 1. The van der Waals surface area contributed by atoms with E-state index in [0.29, 0.717) is 12.3 Å². The predicted molar refractivity (Wildman–Crippen MR) is 91.5 cm³/mol. The highest BCUT2D eigenvalue weighted by molar-refractivity contribution is 5.64. The second-order valence-electron chi connectivity index (χ2n) is 6.40. The van der Waals surface area contributed by atoms with Gasteiger partial charge in [0.25, 0.3) is 0 Å². The van der Waals surface area contributed by atoms with E-state index in [0.717, 1.165) is 29.8 Å². The van der Waals surface area contributed by atoms with E-state index >= 15 is 0 Å². The Labute approximate surface area is 141 Å². The van der Waals surface area contributed by atoms with Crippen LogP contribution in [0.25, 0.3) is 11.1 Å². The van der Waals surface area contributed by atoms with Gasteiger partial charge in [-0.05, 0) is 62.2 Å². The number of ether oxygens (including phenoxy) is 1. The minimum absolute atomic E-state index is 0.158. The Balaban J connectivity index is 1.65. The highest BCUT2D eigenvalue weighted by Crippen LogP contribution is 2.26. The third kappa shape index (κ3) is 4.52. The van der Waals surface area contributed by atoms with E-state index < -0.39 is 6.10 Å². The summed E-state index contributed by atoms with van der Waals surface area (Å²) in [6.07, 6.45) is 5.26. The van der Waals surface area contributed by atoms with Crippen molar-refractivity contribution >= 4 is 0 Å². The smallest absolute Gasteiger partial charge is 0.127 e. The summed E-state index contributed by atoms with van der Waals surface area (Å²) in [5.74, 6) is 0.0602. The molecule has 1 fully saturated rings. The number of rotatable bonds is 6. The molecule has 0 saturated carbocycles. The number of aromatic nitrogens is 1. The van der Waals surface area contributed by atoms with Crippen molar-refractivity contribution in [2.45, 2.75) is 25.9 Å². The van der Waals surface area contributed by atoms with Crippen molar-refractivity contribution in [3.8, 4) is 16.9 Å². The number of hydrogen-bond acceptors (Lipinski definition) is 4. The summed E-state index contributed by atoms with van der Waals surface area (Å²) in [6.45, 7) is 4.76. The molecule has 2 heterocycles. The van der Waals surface area contributed by atoms with Crippen LogP contribution in [-0.4, -0.2) is 47.3 Å². The van der Waals surface area contributed by atoms with Crippen LogP contribution in [0.3, 0.4) is 0 Å². The van der Waals surface area contributed by atoms with Crippen molar-refractivity contribution in [3.63, 3.8) is 0 Å². The van der Waals surface area contributed by atoms with Gasteiger partial charge in [0.05, 0.1) is 0 Å². The van der Waals surface area contributed by atoms with Crippen LogP contribution in [0.1, 0.15) is 18.4 Å². The number of nitrogens with zero attached hydrogens (tertiary/aromatic N) is 2. The molecule has 1 saturated heterocycles. The first-order chi connectivity index (χ1) is 11.6. The number of aliphatic hydroxyl groups excluding tert-OH is 1. The molecule has 1 aliphatic rings. The Morgan fingerprint density at radius 3 is 2.71 bits per heavy atom. The lowest BCUT2D eigenvalue weighted by Crippen LogP contribution is -2.33. The zero-order valence-corrected chi connectivity index (χ0v) is 13.9. The Hall–Kier alpha value is -1.98. The SMILES string of the molecule is Cc1cncc(-c2cc(F)cc(OCC(O)CN3CCCC3)c2)c1. The minimum Gasteiger partial charge on any atom is -0.491 e. The lowest BCUT2D eigenvalue weighted by atomic mass is 10.1. The molecule has 0 bridgehead atoms. The summed E-state index contributed by atoms with van der Waals surface area (Å²) in [5, 5.41) is 10.1. The average molecular weight is 330 g/mol. The Kier molecular flexibility index (Phi) is 5.43. The number of halogens is 1. The van der Waals surface area contributed by atoms with Gasteiger partial charge in [-0.2, -0.15) is 0 Å². The minimum atomic E-state index is -0.574. The maximum absolute atomic E-state index is 13.9. The van der Waals surface area contributed by atoms with Gasteiger partial charge in [0.1, 0.15) is 24.3 Å². The lowest BCUT2D eigenvalue weighted by Gasteiger charge is -2.19. The number of aryl methyl sites for hydroxylation is 1. The number of benzene rings is 1. The third-order valence-electron chi connectivity index (χ3n) is 4.19. The molecule has 0 aliphatic carbocycles. The van der Waals surface area contributed by atoms with Crippen molar-refractivity contribution in [1.29, 1.82) is 0 Å². The third-order valence-corrected chi connectivity index (χ3v) is 4.19. The highest BCUT2D eigenvalue weighted by Gasteiger charge is 2.16. The molecule has 1 aliphatic heterocycles. The fourth-order valence-corrected chi connectivity index (χ4v) is 3.03. The standard InChI is InChI=1S/C19H23FN2O2/c1-14-6-16(11-21-10-14)15-7-17(20)9-19(8-15)24-13-18(23)12-22-4-2-3-5-22/h6-11,18,23H,2-5,12-13H2,1H3. The molecule has 1 atom stereocenters. The summed E-state index contributed by atoms with van der Waals surface area (Å²) in [5.41, 5.74) is 2.58. The van der Waals surface area contributed by atoms with E-state index in [1.807, 2.05) is 13.0 Å².